The van der Waals surface area contributed by atoms with E-state index in [9.17, 15) is 14.4 Å². The van der Waals surface area contributed by atoms with E-state index in [2.05, 4.69) is 10.6 Å². The summed E-state index contributed by atoms with van der Waals surface area (Å²) in [7, 11) is 0. The van der Waals surface area contributed by atoms with Crippen LogP contribution in [0.5, 0.6) is 0 Å². The summed E-state index contributed by atoms with van der Waals surface area (Å²) in [5, 5.41) is 13.1. The molecule has 0 atom stereocenters. The minimum absolute atomic E-state index is 0.164. The lowest BCUT2D eigenvalue weighted by atomic mass is 10.3. The van der Waals surface area contributed by atoms with E-state index in [1.165, 1.54) is 0 Å². The Labute approximate surface area is 81.7 Å². The van der Waals surface area contributed by atoms with Gasteiger partial charge in [-0.05, 0) is 6.92 Å². The Morgan fingerprint density at radius 3 is 2.29 bits per heavy atom. The van der Waals surface area contributed by atoms with Gasteiger partial charge in [0.25, 0.3) is 0 Å². The van der Waals surface area contributed by atoms with Gasteiger partial charge >= 0.3 is 5.97 Å². The van der Waals surface area contributed by atoms with Crippen molar-refractivity contribution in [2.45, 2.75) is 19.8 Å². The molecule has 6 heteroatoms. The average molecular weight is 202 g/mol. The standard InChI is InChI=1S/C8H14N2O4/c1-2-9-6(11)3-4-10-7(12)5-8(13)14/h2-5H2,1H3,(H,9,11)(H,10,12)(H,13,14). The zero-order valence-electron chi connectivity index (χ0n) is 8.00. The van der Waals surface area contributed by atoms with Crippen LogP contribution in [0, 0.1) is 0 Å². The molecule has 80 valence electrons. The van der Waals surface area contributed by atoms with Crippen molar-refractivity contribution in [2.24, 2.45) is 0 Å². The summed E-state index contributed by atoms with van der Waals surface area (Å²) >= 11 is 0. The number of hydrogen-bond donors (Lipinski definition) is 3. The van der Waals surface area contributed by atoms with Crippen molar-refractivity contribution in [3.8, 4) is 0 Å². The number of hydrogen-bond acceptors (Lipinski definition) is 3. The fourth-order valence-electron chi connectivity index (χ4n) is 0.801. The Bertz CT molecular complexity index is 227. The molecule has 0 unspecified atom stereocenters. The van der Waals surface area contributed by atoms with Gasteiger partial charge in [0.2, 0.25) is 11.8 Å². The van der Waals surface area contributed by atoms with E-state index in [-0.39, 0.29) is 18.9 Å². The number of carbonyl (C=O) groups is 3. The van der Waals surface area contributed by atoms with E-state index in [1.807, 2.05) is 0 Å². The van der Waals surface area contributed by atoms with E-state index in [4.69, 9.17) is 5.11 Å². The van der Waals surface area contributed by atoms with Crippen LogP contribution in [-0.4, -0.2) is 36.0 Å². The van der Waals surface area contributed by atoms with Crippen LogP contribution in [0.25, 0.3) is 0 Å². The van der Waals surface area contributed by atoms with Crippen LogP contribution in [0.3, 0.4) is 0 Å². The largest absolute Gasteiger partial charge is 0.481 e. The van der Waals surface area contributed by atoms with Crippen molar-refractivity contribution in [3.05, 3.63) is 0 Å². The number of aliphatic carboxylic acids is 1. The summed E-state index contributed by atoms with van der Waals surface area (Å²) in [6.07, 6.45) is -0.394. The van der Waals surface area contributed by atoms with E-state index >= 15 is 0 Å². The van der Waals surface area contributed by atoms with Crippen LogP contribution in [-0.2, 0) is 14.4 Å². The van der Waals surface area contributed by atoms with E-state index < -0.39 is 18.3 Å². The van der Waals surface area contributed by atoms with Gasteiger partial charge in [0.15, 0.2) is 0 Å². The highest BCUT2D eigenvalue weighted by atomic mass is 16.4. The summed E-state index contributed by atoms with van der Waals surface area (Å²) in [5.41, 5.74) is 0. The molecule has 0 aliphatic carbocycles. The fraction of sp³-hybridized carbons (Fsp3) is 0.625. The van der Waals surface area contributed by atoms with Crippen molar-refractivity contribution >= 4 is 17.8 Å². The van der Waals surface area contributed by atoms with Crippen LogP contribution in [0.1, 0.15) is 19.8 Å². The van der Waals surface area contributed by atoms with Crippen molar-refractivity contribution in [1.29, 1.82) is 0 Å². The molecular formula is C8H14N2O4. The van der Waals surface area contributed by atoms with Crippen LogP contribution < -0.4 is 10.6 Å². The smallest absolute Gasteiger partial charge is 0.312 e. The van der Waals surface area contributed by atoms with Gasteiger partial charge in [0, 0.05) is 19.5 Å². The van der Waals surface area contributed by atoms with Crippen molar-refractivity contribution < 1.29 is 19.5 Å². The SMILES string of the molecule is CCNC(=O)CCNC(=O)CC(=O)O. The molecule has 0 aromatic carbocycles. The first-order valence-corrected chi connectivity index (χ1v) is 4.31. The van der Waals surface area contributed by atoms with Gasteiger partial charge in [-0.2, -0.15) is 0 Å². The van der Waals surface area contributed by atoms with Crippen molar-refractivity contribution in [3.63, 3.8) is 0 Å². The van der Waals surface area contributed by atoms with Gasteiger partial charge in [0.1, 0.15) is 6.42 Å². The van der Waals surface area contributed by atoms with Crippen LogP contribution in [0.4, 0.5) is 0 Å². The normalized spacial score (nSPS) is 9.21. The third-order valence-electron chi connectivity index (χ3n) is 1.36. The van der Waals surface area contributed by atoms with E-state index in [1.54, 1.807) is 6.92 Å². The first-order valence-electron chi connectivity index (χ1n) is 4.31. The fourth-order valence-corrected chi connectivity index (χ4v) is 0.801. The Kier molecular flexibility index (Phi) is 6.09. The summed E-state index contributed by atoms with van der Waals surface area (Å²) in [6, 6.07) is 0. The minimum atomic E-state index is -1.18. The average Bonchev–Trinajstić information content (AvgIpc) is 2.02. The zero-order chi connectivity index (χ0) is 11.0. The molecule has 0 spiro atoms. The highest BCUT2D eigenvalue weighted by molar-refractivity contribution is 5.93. The number of carboxylic acid groups (broad SMARTS) is 1. The maximum absolute atomic E-state index is 10.9. The molecule has 2 amide bonds. The van der Waals surface area contributed by atoms with E-state index in [0.717, 1.165) is 0 Å². The molecule has 0 fully saturated rings. The molecule has 0 bridgehead atoms. The quantitative estimate of drug-likeness (QED) is 0.486. The summed E-state index contributed by atoms with van der Waals surface area (Å²) in [4.78, 5) is 31.7. The van der Waals surface area contributed by atoms with Gasteiger partial charge in [-0.3, -0.25) is 14.4 Å². The Morgan fingerprint density at radius 1 is 1.14 bits per heavy atom. The molecule has 0 saturated carbocycles. The highest BCUT2D eigenvalue weighted by Crippen LogP contribution is 1.81. The lowest BCUT2D eigenvalue weighted by Crippen LogP contribution is -2.31. The molecular weight excluding hydrogens is 188 g/mol. The van der Waals surface area contributed by atoms with Gasteiger partial charge in [-0.1, -0.05) is 0 Å². The van der Waals surface area contributed by atoms with Crippen LogP contribution in [0.2, 0.25) is 0 Å². The maximum atomic E-state index is 10.9. The number of carbonyl (C=O) groups excluding carboxylic acids is 2. The molecule has 0 radical (unpaired) electrons. The van der Waals surface area contributed by atoms with Crippen LogP contribution >= 0.6 is 0 Å². The van der Waals surface area contributed by atoms with Gasteiger partial charge in [-0.25, -0.2) is 0 Å². The molecule has 0 saturated heterocycles. The van der Waals surface area contributed by atoms with Gasteiger partial charge in [0.05, 0.1) is 0 Å². The van der Waals surface area contributed by atoms with Crippen LogP contribution in [0.15, 0.2) is 0 Å². The molecule has 14 heavy (non-hydrogen) atoms. The maximum Gasteiger partial charge on any atom is 0.312 e. The highest BCUT2D eigenvalue weighted by Gasteiger charge is 2.07. The van der Waals surface area contributed by atoms with E-state index in [0.29, 0.717) is 6.54 Å². The number of nitrogens with one attached hydrogen (secondary N) is 2. The third-order valence-corrected chi connectivity index (χ3v) is 1.36. The van der Waals surface area contributed by atoms with Crippen molar-refractivity contribution in [2.75, 3.05) is 13.1 Å². The molecule has 0 rings (SSSR count). The second-order valence-electron chi connectivity index (χ2n) is 2.62. The van der Waals surface area contributed by atoms with Crippen molar-refractivity contribution in [1.82, 2.24) is 10.6 Å². The second-order valence-corrected chi connectivity index (χ2v) is 2.62. The van der Waals surface area contributed by atoms with Gasteiger partial charge < -0.3 is 15.7 Å². The molecule has 0 aromatic heterocycles. The number of rotatable bonds is 6. The lowest BCUT2D eigenvalue weighted by molar-refractivity contribution is -0.140. The molecule has 0 heterocycles. The Balaban J connectivity index is 3.49. The Morgan fingerprint density at radius 2 is 1.79 bits per heavy atom. The predicted octanol–water partition coefficient (Wildman–Crippen LogP) is -0.896. The monoisotopic (exact) mass is 202 g/mol. The molecule has 0 aliphatic rings. The Hall–Kier alpha value is -1.59. The molecule has 3 N–H and O–H groups in total. The zero-order valence-corrected chi connectivity index (χ0v) is 8.00. The lowest BCUT2D eigenvalue weighted by Gasteiger charge is -2.03. The first kappa shape index (κ1) is 12.4. The summed E-state index contributed by atoms with van der Waals surface area (Å²) in [5.74, 6) is -1.93. The minimum Gasteiger partial charge on any atom is -0.481 e. The summed E-state index contributed by atoms with van der Waals surface area (Å²) in [6.45, 7) is 2.50. The predicted molar refractivity (Wildman–Crippen MR) is 48.6 cm³/mol. The molecule has 0 aliphatic heterocycles. The molecule has 0 aromatic rings. The first-order chi connectivity index (χ1) is 6.56. The number of carboxylic acids is 1. The van der Waals surface area contributed by atoms with Gasteiger partial charge in [-0.15, -0.1) is 0 Å². The summed E-state index contributed by atoms with van der Waals surface area (Å²) < 4.78 is 0. The number of amides is 2. The third kappa shape index (κ3) is 7.08. The topological polar surface area (TPSA) is 95.5 Å². The second kappa shape index (κ2) is 6.88. The molecule has 6 nitrogen and oxygen atoms in total.